The van der Waals surface area contributed by atoms with E-state index in [1.807, 2.05) is 0 Å². The zero-order chi connectivity index (χ0) is 14.6. The monoisotopic (exact) mass is 305 g/mol. The lowest BCUT2D eigenvalue weighted by Crippen LogP contribution is -2.52. The third-order valence-electron chi connectivity index (χ3n) is 3.92. The Hall–Kier alpha value is -0.210. The lowest BCUT2D eigenvalue weighted by molar-refractivity contribution is 0.0690. The van der Waals surface area contributed by atoms with Crippen LogP contribution in [0.25, 0.3) is 0 Å². The smallest absolute Gasteiger partial charge is 0.282 e. The largest absolute Gasteiger partial charge is 0.379 e. The minimum absolute atomic E-state index is 0.418. The summed E-state index contributed by atoms with van der Waals surface area (Å²) in [6.45, 7) is 8.39. The molecule has 0 aromatic heterocycles. The molecule has 1 atom stereocenters. The molecule has 7 heteroatoms. The summed E-state index contributed by atoms with van der Waals surface area (Å²) in [5, 5.41) is 3.41. The van der Waals surface area contributed by atoms with E-state index in [0.717, 1.165) is 19.4 Å². The molecule has 0 aromatic rings. The van der Waals surface area contributed by atoms with Crippen molar-refractivity contribution in [1.82, 2.24) is 13.9 Å². The molecule has 6 nitrogen and oxygen atoms in total. The zero-order valence-electron chi connectivity index (χ0n) is 12.5. The van der Waals surface area contributed by atoms with Gasteiger partial charge in [-0.15, -0.1) is 0 Å². The first-order valence-corrected chi connectivity index (χ1v) is 8.96. The molecule has 1 unspecified atom stereocenters. The van der Waals surface area contributed by atoms with Gasteiger partial charge in [-0.05, 0) is 25.3 Å². The average molecular weight is 305 g/mol. The van der Waals surface area contributed by atoms with Gasteiger partial charge < -0.3 is 10.1 Å². The highest BCUT2D eigenvalue weighted by Crippen LogP contribution is 2.21. The van der Waals surface area contributed by atoms with E-state index in [1.54, 1.807) is 8.61 Å². The standard InChI is InChI=1S/C13H27N3O3S/c1-12(2)14-10-13-4-3-5-16(11-13)20(17,18)15-6-8-19-9-7-15/h12-14H,3-11H2,1-2H3. The number of hydrogen-bond donors (Lipinski definition) is 1. The van der Waals surface area contributed by atoms with Crippen LogP contribution in [-0.4, -0.2) is 69.0 Å². The third-order valence-corrected chi connectivity index (χ3v) is 5.92. The number of ether oxygens (including phenoxy) is 1. The van der Waals surface area contributed by atoms with Crippen LogP contribution in [0, 0.1) is 5.92 Å². The summed E-state index contributed by atoms with van der Waals surface area (Å²) < 4.78 is 33.7. The van der Waals surface area contributed by atoms with Gasteiger partial charge in [0.25, 0.3) is 10.2 Å². The molecular formula is C13H27N3O3S. The fourth-order valence-corrected chi connectivity index (χ4v) is 4.44. The normalized spacial score (nSPS) is 27.1. The maximum Gasteiger partial charge on any atom is 0.282 e. The van der Waals surface area contributed by atoms with Crippen LogP contribution < -0.4 is 5.32 Å². The Kier molecular flexibility index (Phi) is 5.80. The Morgan fingerprint density at radius 2 is 1.90 bits per heavy atom. The molecule has 0 spiro atoms. The lowest BCUT2D eigenvalue weighted by atomic mass is 9.99. The molecule has 2 saturated heterocycles. The van der Waals surface area contributed by atoms with Crippen LogP contribution in [0.2, 0.25) is 0 Å². The molecule has 0 saturated carbocycles. The van der Waals surface area contributed by atoms with Gasteiger partial charge in [-0.2, -0.15) is 17.0 Å². The Bertz CT molecular complexity index is 394. The Balaban J connectivity index is 1.93. The Morgan fingerprint density at radius 3 is 2.55 bits per heavy atom. The van der Waals surface area contributed by atoms with Gasteiger partial charge in [0.1, 0.15) is 0 Å². The maximum absolute atomic E-state index is 12.6. The van der Waals surface area contributed by atoms with Crippen LogP contribution in [0.1, 0.15) is 26.7 Å². The maximum atomic E-state index is 12.6. The van der Waals surface area contributed by atoms with Gasteiger partial charge in [0.05, 0.1) is 13.2 Å². The number of nitrogens with one attached hydrogen (secondary N) is 1. The van der Waals surface area contributed by atoms with E-state index in [1.165, 1.54) is 0 Å². The second-order valence-electron chi connectivity index (χ2n) is 5.95. The van der Waals surface area contributed by atoms with E-state index in [0.29, 0.717) is 51.4 Å². The highest BCUT2D eigenvalue weighted by molar-refractivity contribution is 7.86. The summed E-state index contributed by atoms with van der Waals surface area (Å²) >= 11 is 0. The van der Waals surface area contributed by atoms with Crippen molar-refractivity contribution in [1.29, 1.82) is 0 Å². The molecule has 0 aromatic carbocycles. The van der Waals surface area contributed by atoms with Crippen LogP contribution in [0.3, 0.4) is 0 Å². The SMILES string of the molecule is CC(C)NCC1CCCN(S(=O)(=O)N2CCOCC2)C1. The fourth-order valence-electron chi connectivity index (χ4n) is 2.75. The van der Waals surface area contributed by atoms with Gasteiger partial charge in [0.15, 0.2) is 0 Å². The van der Waals surface area contributed by atoms with E-state index < -0.39 is 10.2 Å². The minimum Gasteiger partial charge on any atom is -0.379 e. The van der Waals surface area contributed by atoms with Gasteiger partial charge in [0.2, 0.25) is 0 Å². The van der Waals surface area contributed by atoms with Crippen molar-refractivity contribution in [2.75, 3.05) is 45.9 Å². The summed E-state index contributed by atoms with van der Waals surface area (Å²) in [4.78, 5) is 0. The first-order valence-electron chi connectivity index (χ1n) is 7.56. The third kappa shape index (κ3) is 4.14. The van der Waals surface area contributed by atoms with Crippen molar-refractivity contribution in [3.05, 3.63) is 0 Å². The number of nitrogens with zero attached hydrogens (tertiary/aromatic N) is 2. The van der Waals surface area contributed by atoms with Crippen molar-refractivity contribution < 1.29 is 13.2 Å². The summed E-state index contributed by atoms with van der Waals surface area (Å²) in [5.74, 6) is 0.418. The molecule has 2 rings (SSSR count). The van der Waals surface area contributed by atoms with Crippen LogP contribution in [0.4, 0.5) is 0 Å². The van der Waals surface area contributed by atoms with Crippen LogP contribution in [-0.2, 0) is 14.9 Å². The fraction of sp³-hybridized carbons (Fsp3) is 1.00. The first-order chi connectivity index (χ1) is 9.50. The summed E-state index contributed by atoms with van der Waals surface area (Å²) in [5.41, 5.74) is 0. The van der Waals surface area contributed by atoms with E-state index in [2.05, 4.69) is 19.2 Å². The quantitative estimate of drug-likeness (QED) is 0.792. The van der Waals surface area contributed by atoms with Gasteiger partial charge in [-0.25, -0.2) is 0 Å². The molecule has 118 valence electrons. The molecular weight excluding hydrogens is 278 g/mol. The molecule has 2 heterocycles. The van der Waals surface area contributed by atoms with Gasteiger partial charge in [-0.1, -0.05) is 13.8 Å². The topological polar surface area (TPSA) is 61.9 Å². The molecule has 0 bridgehead atoms. The summed E-state index contributed by atoms with van der Waals surface area (Å²) in [7, 11) is -3.30. The second-order valence-corrected chi connectivity index (χ2v) is 7.88. The first kappa shape index (κ1) is 16.2. The number of morpholine rings is 1. The molecule has 2 aliphatic heterocycles. The van der Waals surface area contributed by atoms with Crippen molar-refractivity contribution >= 4 is 10.2 Å². The van der Waals surface area contributed by atoms with E-state index in [-0.39, 0.29) is 0 Å². The molecule has 20 heavy (non-hydrogen) atoms. The van der Waals surface area contributed by atoms with Crippen LogP contribution >= 0.6 is 0 Å². The minimum atomic E-state index is -3.30. The lowest BCUT2D eigenvalue weighted by Gasteiger charge is -2.37. The van der Waals surface area contributed by atoms with E-state index in [4.69, 9.17) is 4.74 Å². The van der Waals surface area contributed by atoms with Crippen molar-refractivity contribution in [3.63, 3.8) is 0 Å². The molecule has 0 radical (unpaired) electrons. The number of piperidine rings is 1. The predicted molar refractivity (Wildman–Crippen MR) is 78.7 cm³/mol. The van der Waals surface area contributed by atoms with Crippen molar-refractivity contribution in [2.45, 2.75) is 32.7 Å². The Labute approximate surface area is 122 Å². The van der Waals surface area contributed by atoms with Crippen LogP contribution in [0.15, 0.2) is 0 Å². The molecule has 2 aliphatic rings. The highest BCUT2D eigenvalue weighted by atomic mass is 32.2. The van der Waals surface area contributed by atoms with Crippen molar-refractivity contribution in [2.24, 2.45) is 5.92 Å². The summed E-state index contributed by atoms with van der Waals surface area (Å²) in [6.07, 6.45) is 2.06. The molecule has 0 amide bonds. The predicted octanol–water partition coefficient (Wildman–Crippen LogP) is 0.273. The highest BCUT2D eigenvalue weighted by Gasteiger charge is 2.34. The molecule has 2 fully saturated rings. The van der Waals surface area contributed by atoms with E-state index in [9.17, 15) is 8.42 Å². The average Bonchev–Trinajstić information content (AvgIpc) is 2.46. The molecule has 1 N–H and O–H groups in total. The van der Waals surface area contributed by atoms with E-state index >= 15 is 0 Å². The van der Waals surface area contributed by atoms with Crippen LogP contribution in [0.5, 0.6) is 0 Å². The zero-order valence-corrected chi connectivity index (χ0v) is 13.4. The number of hydrogen-bond acceptors (Lipinski definition) is 4. The van der Waals surface area contributed by atoms with Gasteiger partial charge >= 0.3 is 0 Å². The molecule has 0 aliphatic carbocycles. The van der Waals surface area contributed by atoms with Gasteiger partial charge in [-0.3, -0.25) is 0 Å². The van der Waals surface area contributed by atoms with Crippen molar-refractivity contribution in [3.8, 4) is 0 Å². The number of rotatable bonds is 5. The van der Waals surface area contributed by atoms with Gasteiger partial charge in [0, 0.05) is 32.2 Å². The Morgan fingerprint density at radius 1 is 1.20 bits per heavy atom. The summed E-state index contributed by atoms with van der Waals surface area (Å²) in [6, 6.07) is 0.446. The second kappa shape index (κ2) is 7.17.